The molecular weight excluding hydrogens is 368 g/mol. The number of amides is 1. The second kappa shape index (κ2) is 10.3. The van der Waals surface area contributed by atoms with Crippen molar-refractivity contribution in [2.45, 2.75) is 33.7 Å². The van der Waals surface area contributed by atoms with Gasteiger partial charge in [0.15, 0.2) is 0 Å². The lowest BCUT2D eigenvalue weighted by Gasteiger charge is -2.09. The molecule has 3 nitrogen and oxygen atoms in total. The van der Waals surface area contributed by atoms with Crippen LogP contribution >= 0.6 is 0 Å². The Morgan fingerprint density at radius 1 is 0.900 bits per heavy atom. The van der Waals surface area contributed by atoms with Crippen LogP contribution in [-0.2, 0) is 11.3 Å². The topological polar surface area (TPSA) is 41.1 Å². The van der Waals surface area contributed by atoms with Crippen molar-refractivity contribution in [3.05, 3.63) is 95.1 Å². The molecule has 3 rings (SSSR count). The number of hydrogen-bond donors (Lipinski definition) is 2. The number of carbonyl (C=O) groups excluding carboxylic acids is 1. The molecule has 3 aromatic rings. The maximum atomic E-state index is 12.0. The molecule has 0 fully saturated rings. The second-order valence-corrected chi connectivity index (χ2v) is 7.55. The van der Waals surface area contributed by atoms with Gasteiger partial charge in [-0.15, -0.1) is 0 Å². The molecule has 2 N–H and O–H groups in total. The van der Waals surface area contributed by atoms with Gasteiger partial charge in [0.2, 0.25) is 5.91 Å². The summed E-state index contributed by atoms with van der Waals surface area (Å²) in [7, 11) is 0. The first-order valence-electron chi connectivity index (χ1n) is 10.4. The fraction of sp³-hybridized carbons (Fsp3) is 0.222. The minimum absolute atomic E-state index is 0.0105. The predicted molar refractivity (Wildman–Crippen MR) is 125 cm³/mol. The smallest absolute Gasteiger partial charge is 0.227 e. The second-order valence-electron chi connectivity index (χ2n) is 7.55. The number of hydrogen-bond acceptors (Lipinski definition) is 2. The Morgan fingerprint density at radius 2 is 1.60 bits per heavy atom. The number of nitrogens with one attached hydrogen (secondary N) is 2. The van der Waals surface area contributed by atoms with Crippen LogP contribution in [0.1, 0.15) is 42.5 Å². The van der Waals surface area contributed by atoms with Crippen LogP contribution in [0.3, 0.4) is 0 Å². The Kier molecular flexibility index (Phi) is 7.29. The Bertz CT molecular complexity index is 1040. The zero-order valence-electron chi connectivity index (χ0n) is 17.8. The van der Waals surface area contributed by atoms with Crippen LogP contribution in [0.25, 0.3) is 0 Å². The van der Waals surface area contributed by atoms with Crippen LogP contribution in [0, 0.1) is 24.7 Å². The highest BCUT2D eigenvalue weighted by Gasteiger charge is 2.09. The van der Waals surface area contributed by atoms with Crippen molar-refractivity contribution in [1.29, 1.82) is 0 Å². The zero-order valence-corrected chi connectivity index (χ0v) is 17.8. The summed E-state index contributed by atoms with van der Waals surface area (Å²) < 4.78 is 0. The molecule has 3 aromatic carbocycles. The van der Waals surface area contributed by atoms with Crippen molar-refractivity contribution in [2.24, 2.45) is 5.92 Å². The van der Waals surface area contributed by atoms with Gasteiger partial charge in [0.25, 0.3) is 0 Å². The quantitative estimate of drug-likeness (QED) is 0.502. The van der Waals surface area contributed by atoms with Crippen LogP contribution in [0.2, 0.25) is 0 Å². The van der Waals surface area contributed by atoms with Crippen LogP contribution < -0.4 is 10.6 Å². The predicted octanol–water partition coefficient (Wildman–Crippen LogP) is 5.99. The van der Waals surface area contributed by atoms with Crippen molar-refractivity contribution in [3.63, 3.8) is 0 Å². The van der Waals surface area contributed by atoms with E-state index >= 15 is 0 Å². The lowest BCUT2D eigenvalue weighted by Crippen LogP contribution is -2.19. The summed E-state index contributed by atoms with van der Waals surface area (Å²) in [4.78, 5) is 12.0. The fourth-order valence-corrected chi connectivity index (χ4v) is 2.85. The molecule has 0 saturated heterocycles. The van der Waals surface area contributed by atoms with Gasteiger partial charge in [0.1, 0.15) is 0 Å². The lowest BCUT2D eigenvalue weighted by molar-refractivity contribution is -0.119. The fourth-order valence-electron chi connectivity index (χ4n) is 2.85. The third-order valence-corrected chi connectivity index (χ3v) is 5.04. The largest absolute Gasteiger partial charge is 0.381 e. The van der Waals surface area contributed by atoms with E-state index < -0.39 is 0 Å². The Labute approximate surface area is 179 Å². The van der Waals surface area contributed by atoms with Gasteiger partial charge in [-0.05, 0) is 61.4 Å². The van der Waals surface area contributed by atoms with Crippen molar-refractivity contribution >= 4 is 17.3 Å². The minimum atomic E-state index is 0.0105. The molecule has 0 bridgehead atoms. The summed E-state index contributed by atoms with van der Waals surface area (Å²) >= 11 is 0. The van der Waals surface area contributed by atoms with Gasteiger partial charge in [0, 0.05) is 35.0 Å². The number of benzene rings is 3. The van der Waals surface area contributed by atoms with Gasteiger partial charge in [0.05, 0.1) is 0 Å². The molecule has 1 unspecified atom stereocenters. The van der Waals surface area contributed by atoms with Crippen molar-refractivity contribution < 1.29 is 4.79 Å². The molecule has 0 spiro atoms. The molecule has 0 aromatic heterocycles. The summed E-state index contributed by atoms with van der Waals surface area (Å²) in [5, 5.41) is 6.39. The van der Waals surface area contributed by atoms with Crippen LogP contribution in [0.5, 0.6) is 0 Å². The first kappa shape index (κ1) is 21.2. The van der Waals surface area contributed by atoms with Crippen LogP contribution in [0.4, 0.5) is 11.4 Å². The van der Waals surface area contributed by atoms with Crippen molar-refractivity contribution in [3.8, 4) is 11.8 Å². The first-order chi connectivity index (χ1) is 14.5. The molecule has 0 aliphatic carbocycles. The maximum absolute atomic E-state index is 12.0. The molecule has 0 radical (unpaired) electrons. The van der Waals surface area contributed by atoms with Gasteiger partial charge in [-0.1, -0.05) is 61.6 Å². The van der Waals surface area contributed by atoms with E-state index in [4.69, 9.17) is 0 Å². The monoisotopic (exact) mass is 396 g/mol. The average Bonchev–Trinajstić information content (AvgIpc) is 2.78. The van der Waals surface area contributed by atoms with Crippen LogP contribution in [0.15, 0.2) is 72.8 Å². The van der Waals surface area contributed by atoms with Gasteiger partial charge < -0.3 is 10.6 Å². The molecule has 0 saturated carbocycles. The van der Waals surface area contributed by atoms with Crippen molar-refractivity contribution in [2.75, 3.05) is 10.6 Å². The van der Waals surface area contributed by atoms with E-state index in [-0.39, 0.29) is 11.8 Å². The highest BCUT2D eigenvalue weighted by molar-refractivity contribution is 5.92. The molecule has 0 aliphatic heterocycles. The number of anilines is 2. The third kappa shape index (κ3) is 6.25. The third-order valence-electron chi connectivity index (χ3n) is 5.04. The van der Waals surface area contributed by atoms with Gasteiger partial charge in [-0.3, -0.25) is 4.79 Å². The highest BCUT2D eigenvalue weighted by atomic mass is 16.1. The lowest BCUT2D eigenvalue weighted by atomic mass is 10.1. The summed E-state index contributed by atoms with van der Waals surface area (Å²) in [5.41, 5.74) is 6.23. The molecule has 30 heavy (non-hydrogen) atoms. The molecule has 1 amide bonds. The van der Waals surface area contributed by atoms with E-state index in [1.54, 1.807) is 0 Å². The van der Waals surface area contributed by atoms with E-state index in [0.717, 1.165) is 35.5 Å². The highest BCUT2D eigenvalue weighted by Crippen LogP contribution is 2.14. The number of aryl methyl sites for hydroxylation is 1. The summed E-state index contributed by atoms with van der Waals surface area (Å²) in [6.45, 7) is 6.81. The Morgan fingerprint density at radius 3 is 2.30 bits per heavy atom. The minimum Gasteiger partial charge on any atom is -0.381 e. The van der Waals surface area contributed by atoms with E-state index in [0.29, 0.717) is 0 Å². The molecule has 0 aliphatic rings. The maximum Gasteiger partial charge on any atom is 0.227 e. The molecular formula is C27H28N2O. The normalized spacial score (nSPS) is 11.2. The Balaban J connectivity index is 1.61. The van der Waals surface area contributed by atoms with E-state index in [2.05, 4.69) is 59.7 Å². The molecule has 152 valence electrons. The standard InChI is InChI=1S/C27H28N2O/c1-4-21(3)27(30)29-25-16-14-22(15-17-25)12-13-23-6-5-7-26(18-23)28-19-24-10-8-20(2)9-11-24/h5-11,14-18,21,28H,4,19H2,1-3H3,(H,29,30). The van der Waals surface area contributed by atoms with E-state index in [9.17, 15) is 4.79 Å². The van der Waals surface area contributed by atoms with Gasteiger partial charge in [-0.25, -0.2) is 0 Å². The summed E-state index contributed by atoms with van der Waals surface area (Å²) in [6, 6.07) is 24.3. The average molecular weight is 397 g/mol. The van der Waals surface area contributed by atoms with E-state index in [1.807, 2.05) is 56.3 Å². The number of rotatable bonds is 6. The molecule has 1 atom stereocenters. The SMILES string of the molecule is CCC(C)C(=O)Nc1ccc(C#Cc2cccc(NCc3ccc(C)cc3)c2)cc1. The summed E-state index contributed by atoms with van der Waals surface area (Å²) in [5.74, 6) is 6.47. The Hall–Kier alpha value is -3.51. The zero-order chi connectivity index (χ0) is 21.3. The summed E-state index contributed by atoms with van der Waals surface area (Å²) in [6.07, 6.45) is 0.828. The van der Waals surface area contributed by atoms with Crippen LogP contribution in [-0.4, -0.2) is 5.91 Å². The van der Waals surface area contributed by atoms with Gasteiger partial charge >= 0.3 is 0 Å². The van der Waals surface area contributed by atoms with Gasteiger partial charge in [-0.2, -0.15) is 0 Å². The van der Waals surface area contributed by atoms with Crippen molar-refractivity contribution in [1.82, 2.24) is 0 Å². The first-order valence-corrected chi connectivity index (χ1v) is 10.4. The molecule has 3 heteroatoms. The van der Waals surface area contributed by atoms with E-state index in [1.165, 1.54) is 11.1 Å². The number of carbonyl (C=O) groups is 1. The molecule has 0 heterocycles.